The van der Waals surface area contributed by atoms with E-state index in [1.165, 1.54) is 17.8 Å². The molecule has 1 unspecified atom stereocenters. The number of nitrogens with zero attached hydrogens (tertiary/aromatic N) is 1. The Morgan fingerprint density at radius 2 is 2.06 bits per heavy atom. The molecule has 0 fully saturated rings. The number of rotatable bonds is 4. The molecule has 2 rings (SSSR count). The third-order valence-corrected chi connectivity index (χ3v) is 3.48. The van der Waals surface area contributed by atoms with E-state index in [-0.39, 0.29) is 11.7 Å². The number of nitriles is 1. The second-order valence-corrected chi connectivity index (χ2v) is 5.03. The molecule has 3 nitrogen and oxygen atoms in total. The van der Waals surface area contributed by atoms with Gasteiger partial charge in [0.15, 0.2) is 11.5 Å². The first-order valence-corrected chi connectivity index (χ1v) is 6.81. The van der Waals surface area contributed by atoms with Gasteiger partial charge in [0.25, 0.3) is 0 Å². The van der Waals surface area contributed by atoms with E-state index >= 15 is 0 Å². The average molecular weight is 267 g/mol. The molecule has 0 aromatic heterocycles. The highest BCUT2D eigenvalue weighted by atomic mass is 32.2. The Morgan fingerprint density at radius 1 is 1.39 bits per heavy atom. The maximum atomic E-state index is 13.9. The SMILES string of the molecule is CC(CCSC#N)c1cc2c(cc1F)OCCO2. The van der Waals surface area contributed by atoms with Gasteiger partial charge in [0.05, 0.1) is 0 Å². The Bertz CT molecular complexity index is 473. The van der Waals surface area contributed by atoms with Crippen LogP contribution < -0.4 is 9.47 Å². The molecular weight excluding hydrogens is 253 g/mol. The molecular formula is C13H14FNO2S. The molecule has 0 saturated carbocycles. The number of halogens is 1. The topological polar surface area (TPSA) is 42.2 Å². The minimum absolute atomic E-state index is 0.0571. The number of hydrogen-bond acceptors (Lipinski definition) is 4. The minimum atomic E-state index is -0.270. The zero-order valence-corrected chi connectivity index (χ0v) is 10.9. The number of fused-ring (bicyclic) bond motifs is 1. The van der Waals surface area contributed by atoms with E-state index < -0.39 is 0 Å². The zero-order chi connectivity index (χ0) is 13.0. The van der Waals surface area contributed by atoms with Gasteiger partial charge in [-0.15, -0.1) is 0 Å². The van der Waals surface area contributed by atoms with Gasteiger partial charge in [-0.05, 0) is 35.7 Å². The minimum Gasteiger partial charge on any atom is -0.486 e. The molecule has 18 heavy (non-hydrogen) atoms. The van der Waals surface area contributed by atoms with E-state index in [2.05, 4.69) is 0 Å². The van der Waals surface area contributed by atoms with Crippen LogP contribution in [0, 0.1) is 16.5 Å². The van der Waals surface area contributed by atoms with Crippen molar-refractivity contribution in [3.63, 3.8) is 0 Å². The van der Waals surface area contributed by atoms with Crippen molar-refractivity contribution >= 4 is 11.8 Å². The first-order valence-electron chi connectivity index (χ1n) is 5.82. The van der Waals surface area contributed by atoms with E-state index in [9.17, 15) is 4.39 Å². The van der Waals surface area contributed by atoms with Gasteiger partial charge in [-0.2, -0.15) is 5.26 Å². The molecule has 1 aliphatic heterocycles. The smallest absolute Gasteiger partial charge is 0.164 e. The lowest BCUT2D eigenvalue weighted by molar-refractivity contribution is 0.170. The molecule has 1 aliphatic rings. The number of thioether (sulfide) groups is 1. The molecule has 1 heterocycles. The summed E-state index contributed by atoms with van der Waals surface area (Å²) in [4.78, 5) is 0. The Labute approximate surface area is 110 Å². The highest BCUT2D eigenvalue weighted by Gasteiger charge is 2.19. The summed E-state index contributed by atoms with van der Waals surface area (Å²) in [5.41, 5.74) is 0.623. The van der Waals surface area contributed by atoms with Crippen LogP contribution in [-0.2, 0) is 0 Å². The van der Waals surface area contributed by atoms with Gasteiger partial charge in [-0.1, -0.05) is 6.92 Å². The first kappa shape index (κ1) is 13.0. The van der Waals surface area contributed by atoms with Crippen molar-refractivity contribution in [3.8, 4) is 16.9 Å². The third-order valence-electron chi connectivity index (χ3n) is 2.91. The van der Waals surface area contributed by atoms with Gasteiger partial charge in [0.1, 0.15) is 24.4 Å². The van der Waals surface area contributed by atoms with Crippen LogP contribution in [0.15, 0.2) is 12.1 Å². The molecule has 1 aromatic carbocycles. The van der Waals surface area contributed by atoms with E-state index in [4.69, 9.17) is 14.7 Å². The molecule has 0 radical (unpaired) electrons. The third kappa shape index (κ3) is 2.88. The highest BCUT2D eigenvalue weighted by Crippen LogP contribution is 2.36. The summed E-state index contributed by atoms with van der Waals surface area (Å²) < 4.78 is 24.7. The molecule has 1 atom stereocenters. The van der Waals surface area contributed by atoms with Crippen LogP contribution in [0.25, 0.3) is 0 Å². The standard InChI is InChI=1S/C13H14FNO2S/c1-9(2-5-18-8-15)10-6-12-13(7-11(10)14)17-4-3-16-12/h6-7,9H,2-5H2,1H3. The lowest BCUT2D eigenvalue weighted by atomic mass is 9.97. The number of benzene rings is 1. The number of ether oxygens (including phenoxy) is 2. The predicted octanol–water partition coefficient (Wildman–Crippen LogP) is 3.30. The zero-order valence-electron chi connectivity index (χ0n) is 10.1. The molecule has 5 heteroatoms. The highest BCUT2D eigenvalue weighted by molar-refractivity contribution is 8.03. The van der Waals surface area contributed by atoms with Crippen molar-refractivity contribution in [2.75, 3.05) is 19.0 Å². The van der Waals surface area contributed by atoms with Crippen molar-refractivity contribution in [3.05, 3.63) is 23.5 Å². The van der Waals surface area contributed by atoms with Gasteiger partial charge < -0.3 is 9.47 Å². The molecule has 0 spiro atoms. The number of hydrogen-bond donors (Lipinski definition) is 0. The van der Waals surface area contributed by atoms with Crippen LogP contribution in [0.4, 0.5) is 4.39 Å². The molecule has 0 aliphatic carbocycles. The summed E-state index contributed by atoms with van der Waals surface area (Å²) in [6.07, 6.45) is 0.759. The van der Waals surface area contributed by atoms with E-state index in [0.717, 1.165) is 6.42 Å². The quantitative estimate of drug-likeness (QED) is 0.620. The number of thiocyanates is 1. The molecule has 96 valence electrons. The summed E-state index contributed by atoms with van der Waals surface area (Å²) in [7, 11) is 0. The second kappa shape index (κ2) is 5.96. The van der Waals surface area contributed by atoms with Crippen LogP contribution in [0.2, 0.25) is 0 Å². The fraction of sp³-hybridized carbons (Fsp3) is 0.462. The van der Waals surface area contributed by atoms with Crippen molar-refractivity contribution in [2.45, 2.75) is 19.3 Å². The Balaban J connectivity index is 2.15. The fourth-order valence-corrected chi connectivity index (χ4v) is 2.46. The molecule has 0 amide bonds. The fourth-order valence-electron chi connectivity index (χ4n) is 1.89. The molecule has 0 bridgehead atoms. The predicted molar refractivity (Wildman–Crippen MR) is 68.5 cm³/mol. The summed E-state index contributed by atoms with van der Waals surface area (Å²) in [5.74, 6) is 1.57. The van der Waals surface area contributed by atoms with Crippen molar-refractivity contribution in [1.29, 1.82) is 5.26 Å². The normalized spacial score (nSPS) is 14.9. The van der Waals surface area contributed by atoms with Crippen LogP contribution in [0.5, 0.6) is 11.5 Å². The second-order valence-electron chi connectivity index (χ2n) is 4.15. The monoisotopic (exact) mass is 267 g/mol. The first-order chi connectivity index (χ1) is 8.72. The largest absolute Gasteiger partial charge is 0.486 e. The summed E-state index contributed by atoms with van der Waals surface area (Å²) in [6.45, 7) is 2.91. The van der Waals surface area contributed by atoms with Gasteiger partial charge in [-0.3, -0.25) is 0 Å². The van der Waals surface area contributed by atoms with Gasteiger partial charge in [-0.25, -0.2) is 4.39 Å². The van der Waals surface area contributed by atoms with Gasteiger partial charge >= 0.3 is 0 Å². The van der Waals surface area contributed by atoms with Crippen LogP contribution in [0.1, 0.15) is 24.8 Å². The average Bonchev–Trinajstić information content (AvgIpc) is 2.38. The Kier molecular flexibility index (Phi) is 4.32. The molecule has 0 saturated heterocycles. The Hall–Kier alpha value is -1.41. The van der Waals surface area contributed by atoms with Crippen molar-refractivity contribution in [1.82, 2.24) is 0 Å². The van der Waals surface area contributed by atoms with Crippen molar-refractivity contribution < 1.29 is 13.9 Å². The van der Waals surface area contributed by atoms with Crippen LogP contribution >= 0.6 is 11.8 Å². The van der Waals surface area contributed by atoms with Crippen molar-refractivity contribution in [2.24, 2.45) is 0 Å². The lowest BCUT2D eigenvalue weighted by Crippen LogP contribution is -2.16. The van der Waals surface area contributed by atoms with Gasteiger partial charge in [0, 0.05) is 11.8 Å². The lowest BCUT2D eigenvalue weighted by Gasteiger charge is -2.21. The molecule has 1 aromatic rings. The van der Waals surface area contributed by atoms with E-state index in [1.807, 2.05) is 12.3 Å². The maximum Gasteiger partial charge on any atom is 0.164 e. The van der Waals surface area contributed by atoms with Gasteiger partial charge in [0.2, 0.25) is 0 Å². The maximum absolute atomic E-state index is 13.9. The molecule has 0 N–H and O–H groups in total. The van der Waals surface area contributed by atoms with Crippen LogP contribution in [-0.4, -0.2) is 19.0 Å². The summed E-state index contributed by atoms with van der Waals surface area (Å²) >= 11 is 1.19. The van der Waals surface area contributed by atoms with E-state index in [0.29, 0.717) is 36.0 Å². The van der Waals surface area contributed by atoms with E-state index in [1.54, 1.807) is 6.07 Å². The van der Waals surface area contributed by atoms with Crippen LogP contribution in [0.3, 0.4) is 0 Å². The summed E-state index contributed by atoms with van der Waals surface area (Å²) in [6, 6.07) is 3.10. The Morgan fingerprint density at radius 3 is 2.72 bits per heavy atom. The summed E-state index contributed by atoms with van der Waals surface area (Å²) in [5, 5.41) is 10.5.